The van der Waals surface area contributed by atoms with Crippen molar-refractivity contribution in [3.05, 3.63) is 46.1 Å². The first kappa shape index (κ1) is 17.3. The van der Waals surface area contributed by atoms with Crippen molar-refractivity contribution in [1.82, 2.24) is 19.5 Å². The molecule has 0 spiro atoms. The predicted octanol–water partition coefficient (Wildman–Crippen LogP) is 3.84. The Bertz CT molecular complexity index is 1120. The van der Waals surface area contributed by atoms with Gasteiger partial charge in [-0.1, -0.05) is 0 Å². The summed E-state index contributed by atoms with van der Waals surface area (Å²) in [7, 11) is 1.66. The van der Waals surface area contributed by atoms with Gasteiger partial charge in [0.25, 0.3) is 5.56 Å². The summed E-state index contributed by atoms with van der Waals surface area (Å²) in [6.07, 6.45) is 6.36. The number of nitrogens with zero attached hydrogens (tertiary/aromatic N) is 4. The second-order valence-corrected chi connectivity index (χ2v) is 8.11. The van der Waals surface area contributed by atoms with E-state index >= 15 is 0 Å². The number of fused-ring (bicyclic) bond motifs is 1. The highest BCUT2D eigenvalue weighted by Gasteiger charge is 2.44. The smallest absolute Gasteiger partial charge is 0.273 e. The molecule has 144 valence electrons. The van der Waals surface area contributed by atoms with Gasteiger partial charge in [-0.25, -0.2) is 15.0 Å². The minimum atomic E-state index is -0.00703. The van der Waals surface area contributed by atoms with E-state index < -0.39 is 0 Å². The van der Waals surface area contributed by atoms with Crippen LogP contribution in [-0.4, -0.2) is 26.6 Å². The number of benzene rings is 1. The van der Waals surface area contributed by atoms with Gasteiger partial charge in [-0.05, 0) is 75.1 Å². The normalized spacial score (nSPS) is 16.7. The Morgan fingerprint density at radius 2 is 1.82 bits per heavy atom. The number of rotatable bonds is 5. The van der Waals surface area contributed by atoms with Gasteiger partial charge in [0.15, 0.2) is 5.65 Å². The van der Waals surface area contributed by atoms with Crippen molar-refractivity contribution in [3.63, 3.8) is 0 Å². The fraction of sp³-hybridized carbons (Fsp3) is 0.455. The van der Waals surface area contributed by atoms with Crippen LogP contribution in [0.3, 0.4) is 0 Å². The van der Waals surface area contributed by atoms with Crippen LogP contribution in [0.4, 0.5) is 0 Å². The Kier molecular flexibility index (Phi) is 3.96. The average molecular weight is 376 g/mol. The maximum Gasteiger partial charge on any atom is 0.273 e. The first-order chi connectivity index (χ1) is 13.6. The Hall–Kier alpha value is -2.76. The van der Waals surface area contributed by atoms with Crippen molar-refractivity contribution >= 4 is 11.2 Å². The van der Waals surface area contributed by atoms with Crippen LogP contribution in [0, 0.1) is 25.7 Å². The standard InChI is InChI=1S/C22H24N4O2/c1-12-10-16(28-3)8-9-17(12)18-19-21(24-11-23-18)26(22(27)13(2)25-19)20(14-4-5-14)15-6-7-15/h8-11,14-15,20H,4-7H2,1-3H3. The molecule has 3 aromatic rings. The maximum atomic E-state index is 13.1. The molecule has 2 heterocycles. The molecule has 6 nitrogen and oxygen atoms in total. The van der Waals surface area contributed by atoms with Gasteiger partial charge in [-0.15, -0.1) is 0 Å². The third-order valence-corrected chi connectivity index (χ3v) is 6.04. The van der Waals surface area contributed by atoms with Crippen molar-refractivity contribution in [3.8, 4) is 17.0 Å². The van der Waals surface area contributed by atoms with Crippen molar-refractivity contribution in [1.29, 1.82) is 0 Å². The van der Waals surface area contributed by atoms with E-state index in [4.69, 9.17) is 4.74 Å². The van der Waals surface area contributed by atoms with Crippen LogP contribution < -0.4 is 10.3 Å². The van der Waals surface area contributed by atoms with Gasteiger partial charge >= 0.3 is 0 Å². The van der Waals surface area contributed by atoms with Gasteiger partial charge < -0.3 is 4.74 Å². The van der Waals surface area contributed by atoms with Crippen LogP contribution in [0.25, 0.3) is 22.4 Å². The predicted molar refractivity (Wildman–Crippen MR) is 108 cm³/mol. The highest BCUT2D eigenvalue weighted by atomic mass is 16.5. The summed E-state index contributed by atoms with van der Waals surface area (Å²) in [5.41, 5.74) is 4.69. The molecule has 2 aromatic heterocycles. The lowest BCUT2D eigenvalue weighted by Crippen LogP contribution is -2.31. The zero-order valence-corrected chi connectivity index (χ0v) is 16.5. The minimum Gasteiger partial charge on any atom is -0.497 e. The molecule has 0 N–H and O–H groups in total. The summed E-state index contributed by atoms with van der Waals surface area (Å²) in [6.45, 7) is 3.83. The number of aryl methyl sites for hydroxylation is 2. The quantitative estimate of drug-likeness (QED) is 0.677. The lowest BCUT2D eigenvalue weighted by Gasteiger charge is -2.21. The maximum absolute atomic E-state index is 13.1. The van der Waals surface area contributed by atoms with Gasteiger partial charge in [0.05, 0.1) is 7.11 Å². The number of hydrogen-bond acceptors (Lipinski definition) is 5. The fourth-order valence-electron chi connectivity index (χ4n) is 4.32. The number of hydrogen-bond donors (Lipinski definition) is 0. The summed E-state index contributed by atoms with van der Waals surface area (Å²) in [4.78, 5) is 26.9. The van der Waals surface area contributed by atoms with Crippen LogP contribution in [0.1, 0.15) is 43.0 Å². The molecule has 2 saturated carbocycles. The summed E-state index contributed by atoms with van der Waals surface area (Å²) < 4.78 is 7.27. The van der Waals surface area contributed by atoms with E-state index in [0.717, 1.165) is 22.6 Å². The third-order valence-electron chi connectivity index (χ3n) is 6.04. The molecule has 0 amide bonds. The van der Waals surface area contributed by atoms with E-state index in [-0.39, 0.29) is 11.6 Å². The highest BCUT2D eigenvalue weighted by Crippen LogP contribution is 2.52. The Morgan fingerprint density at radius 3 is 2.43 bits per heavy atom. The molecule has 28 heavy (non-hydrogen) atoms. The number of ether oxygens (including phenoxy) is 1. The molecule has 1 aromatic carbocycles. The molecule has 2 aliphatic carbocycles. The average Bonchev–Trinajstić information content (AvgIpc) is 3.60. The van der Waals surface area contributed by atoms with Crippen LogP contribution >= 0.6 is 0 Å². The molecule has 6 heteroatoms. The largest absolute Gasteiger partial charge is 0.497 e. The molecular formula is C22H24N4O2. The summed E-state index contributed by atoms with van der Waals surface area (Å²) in [5, 5.41) is 0. The first-order valence-corrected chi connectivity index (χ1v) is 9.97. The molecule has 0 atom stereocenters. The summed E-state index contributed by atoms with van der Waals surface area (Å²) >= 11 is 0. The van der Waals surface area contributed by atoms with Crippen LogP contribution in [-0.2, 0) is 0 Å². The topological polar surface area (TPSA) is 69.9 Å². The first-order valence-electron chi connectivity index (χ1n) is 9.97. The van der Waals surface area contributed by atoms with E-state index in [2.05, 4.69) is 15.0 Å². The van der Waals surface area contributed by atoms with Crippen LogP contribution in [0.15, 0.2) is 29.3 Å². The van der Waals surface area contributed by atoms with Crippen molar-refractivity contribution in [2.75, 3.05) is 7.11 Å². The number of methoxy groups -OCH3 is 1. The van der Waals surface area contributed by atoms with E-state index in [1.54, 1.807) is 20.4 Å². The van der Waals surface area contributed by atoms with E-state index in [1.165, 1.54) is 25.7 Å². The molecule has 0 aliphatic heterocycles. The zero-order valence-electron chi connectivity index (χ0n) is 16.5. The second kappa shape index (κ2) is 6.40. The van der Waals surface area contributed by atoms with Gasteiger partial charge in [0.1, 0.15) is 29.0 Å². The fourth-order valence-corrected chi connectivity index (χ4v) is 4.32. The number of aromatic nitrogens is 4. The highest BCUT2D eigenvalue weighted by molar-refractivity contribution is 5.88. The second-order valence-electron chi connectivity index (χ2n) is 8.11. The van der Waals surface area contributed by atoms with E-state index in [0.29, 0.717) is 28.7 Å². The van der Waals surface area contributed by atoms with E-state index in [9.17, 15) is 4.79 Å². The Balaban J connectivity index is 1.76. The van der Waals surface area contributed by atoms with Crippen molar-refractivity contribution in [2.24, 2.45) is 11.8 Å². The lowest BCUT2D eigenvalue weighted by atomic mass is 10.0. The van der Waals surface area contributed by atoms with Gasteiger partial charge in [-0.3, -0.25) is 9.36 Å². The molecule has 0 saturated heterocycles. The van der Waals surface area contributed by atoms with Gasteiger partial charge in [0, 0.05) is 11.6 Å². The van der Waals surface area contributed by atoms with Crippen molar-refractivity contribution in [2.45, 2.75) is 45.6 Å². The summed E-state index contributed by atoms with van der Waals surface area (Å²) in [5.74, 6) is 2.00. The van der Waals surface area contributed by atoms with Crippen LogP contribution in [0.2, 0.25) is 0 Å². The molecule has 2 fully saturated rings. The Labute approximate surface area is 163 Å². The van der Waals surface area contributed by atoms with Gasteiger partial charge in [0.2, 0.25) is 0 Å². The lowest BCUT2D eigenvalue weighted by molar-refractivity contribution is 0.391. The monoisotopic (exact) mass is 376 g/mol. The van der Waals surface area contributed by atoms with Gasteiger partial charge in [-0.2, -0.15) is 0 Å². The molecule has 0 bridgehead atoms. The molecule has 2 aliphatic rings. The summed E-state index contributed by atoms with van der Waals surface area (Å²) in [6, 6.07) is 6.16. The minimum absolute atomic E-state index is 0.00703. The van der Waals surface area contributed by atoms with E-state index in [1.807, 2.05) is 29.7 Å². The molecular weight excluding hydrogens is 352 g/mol. The molecule has 5 rings (SSSR count). The Morgan fingerprint density at radius 1 is 1.11 bits per heavy atom. The van der Waals surface area contributed by atoms with Crippen molar-refractivity contribution < 1.29 is 4.74 Å². The van der Waals surface area contributed by atoms with Crippen LogP contribution in [0.5, 0.6) is 5.75 Å². The molecule has 0 unspecified atom stereocenters. The molecule has 0 radical (unpaired) electrons. The SMILES string of the molecule is COc1ccc(-c2ncnc3c2nc(C)c(=O)n3C(C2CC2)C2CC2)c(C)c1. The zero-order chi connectivity index (χ0) is 19.4. The third kappa shape index (κ3) is 2.79.